The highest BCUT2D eigenvalue weighted by Crippen LogP contribution is 2.23. The Morgan fingerprint density at radius 3 is 2.43 bits per heavy atom. The van der Waals surface area contributed by atoms with E-state index in [0.29, 0.717) is 69.6 Å². The standard InChI is InChI=1S/C20H29ClN2O5/c1-26-14-15-27-16-20(25)23-10-5-9-22(11-12-23)19(24)8-4-13-28-18-7-3-2-6-17(18)21/h2-3,6-7H,4-5,8-16H2,1H3. The van der Waals surface area contributed by atoms with Crippen LogP contribution in [0, 0.1) is 0 Å². The highest BCUT2D eigenvalue weighted by atomic mass is 35.5. The molecule has 0 atom stereocenters. The normalized spacial score (nSPS) is 14.6. The lowest BCUT2D eigenvalue weighted by molar-refractivity contribution is -0.137. The molecule has 1 aromatic carbocycles. The summed E-state index contributed by atoms with van der Waals surface area (Å²) in [5.41, 5.74) is 0. The second-order valence-electron chi connectivity index (χ2n) is 6.54. The zero-order valence-corrected chi connectivity index (χ0v) is 17.2. The van der Waals surface area contributed by atoms with Crippen LogP contribution in [0.5, 0.6) is 5.75 Å². The van der Waals surface area contributed by atoms with Crippen LogP contribution in [-0.4, -0.2) is 81.3 Å². The van der Waals surface area contributed by atoms with Gasteiger partial charge in [0, 0.05) is 39.7 Å². The minimum absolute atomic E-state index is 0.0430. The SMILES string of the molecule is COCCOCC(=O)N1CCCN(C(=O)CCCOc2ccccc2Cl)CC1. The van der Waals surface area contributed by atoms with Crippen LogP contribution in [0.4, 0.5) is 0 Å². The summed E-state index contributed by atoms with van der Waals surface area (Å²) in [5, 5.41) is 0.567. The molecule has 1 heterocycles. The van der Waals surface area contributed by atoms with Gasteiger partial charge >= 0.3 is 0 Å². The molecule has 0 spiro atoms. The molecule has 0 radical (unpaired) electrons. The number of methoxy groups -OCH3 is 1. The van der Waals surface area contributed by atoms with E-state index in [1.807, 2.05) is 23.1 Å². The molecule has 0 bridgehead atoms. The van der Waals surface area contributed by atoms with Gasteiger partial charge < -0.3 is 24.0 Å². The third-order valence-corrected chi connectivity index (χ3v) is 4.80. The molecule has 0 saturated carbocycles. The number of nitrogens with zero attached hydrogens (tertiary/aromatic N) is 2. The molecule has 1 aliphatic rings. The van der Waals surface area contributed by atoms with E-state index in [1.54, 1.807) is 18.1 Å². The molecule has 28 heavy (non-hydrogen) atoms. The molecular formula is C20H29ClN2O5. The first-order chi connectivity index (χ1) is 13.6. The predicted molar refractivity (Wildman–Crippen MR) is 107 cm³/mol. The van der Waals surface area contributed by atoms with Gasteiger partial charge in [0.15, 0.2) is 0 Å². The fourth-order valence-corrected chi connectivity index (χ4v) is 3.12. The molecule has 0 aliphatic carbocycles. The van der Waals surface area contributed by atoms with Crippen molar-refractivity contribution in [1.82, 2.24) is 9.80 Å². The Kier molecular flexibility index (Phi) is 10.1. The van der Waals surface area contributed by atoms with Crippen LogP contribution in [-0.2, 0) is 19.1 Å². The van der Waals surface area contributed by atoms with Crippen molar-refractivity contribution < 1.29 is 23.8 Å². The maximum absolute atomic E-state index is 12.5. The van der Waals surface area contributed by atoms with E-state index in [-0.39, 0.29) is 18.4 Å². The lowest BCUT2D eigenvalue weighted by Gasteiger charge is -2.22. The van der Waals surface area contributed by atoms with E-state index in [1.165, 1.54) is 0 Å². The number of amides is 2. The van der Waals surface area contributed by atoms with E-state index < -0.39 is 0 Å². The molecule has 2 amide bonds. The Balaban J connectivity index is 1.66. The average Bonchev–Trinajstić information content (AvgIpc) is 2.96. The summed E-state index contributed by atoms with van der Waals surface area (Å²) in [6.45, 7) is 3.75. The van der Waals surface area contributed by atoms with Gasteiger partial charge in [-0.2, -0.15) is 0 Å². The minimum Gasteiger partial charge on any atom is -0.492 e. The Bertz CT molecular complexity index is 628. The van der Waals surface area contributed by atoms with Gasteiger partial charge in [-0.1, -0.05) is 23.7 Å². The van der Waals surface area contributed by atoms with Crippen molar-refractivity contribution in [3.63, 3.8) is 0 Å². The second-order valence-corrected chi connectivity index (χ2v) is 6.95. The Morgan fingerprint density at radius 1 is 1.00 bits per heavy atom. The third kappa shape index (κ3) is 7.66. The van der Waals surface area contributed by atoms with Crippen LogP contribution < -0.4 is 4.74 Å². The largest absolute Gasteiger partial charge is 0.492 e. The quantitative estimate of drug-likeness (QED) is 0.551. The van der Waals surface area contributed by atoms with E-state index in [2.05, 4.69) is 0 Å². The predicted octanol–water partition coefficient (Wildman–Crippen LogP) is 2.22. The van der Waals surface area contributed by atoms with E-state index in [4.69, 9.17) is 25.8 Å². The maximum Gasteiger partial charge on any atom is 0.248 e. The number of ether oxygens (including phenoxy) is 3. The summed E-state index contributed by atoms with van der Waals surface area (Å²) >= 11 is 6.04. The average molecular weight is 413 g/mol. The van der Waals surface area contributed by atoms with Gasteiger partial charge in [0.05, 0.1) is 24.8 Å². The van der Waals surface area contributed by atoms with Crippen molar-refractivity contribution in [1.29, 1.82) is 0 Å². The maximum atomic E-state index is 12.5. The summed E-state index contributed by atoms with van der Waals surface area (Å²) in [6, 6.07) is 7.29. The van der Waals surface area contributed by atoms with Crippen molar-refractivity contribution in [3.05, 3.63) is 29.3 Å². The summed E-state index contributed by atoms with van der Waals surface area (Å²) in [6.07, 6.45) is 1.81. The van der Waals surface area contributed by atoms with Crippen LogP contribution in [0.25, 0.3) is 0 Å². The number of benzene rings is 1. The molecule has 0 unspecified atom stereocenters. The van der Waals surface area contributed by atoms with E-state index in [0.717, 1.165) is 6.42 Å². The molecule has 1 fully saturated rings. The van der Waals surface area contributed by atoms with E-state index >= 15 is 0 Å². The first-order valence-electron chi connectivity index (χ1n) is 9.61. The molecule has 1 saturated heterocycles. The summed E-state index contributed by atoms with van der Waals surface area (Å²) in [7, 11) is 1.59. The molecule has 156 valence electrons. The van der Waals surface area contributed by atoms with Crippen molar-refractivity contribution in [2.24, 2.45) is 0 Å². The Morgan fingerprint density at radius 2 is 1.71 bits per heavy atom. The highest BCUT2D eigenvalue weighted by Gasteiger charge is 2.21. The fraction of sp³-hybridized carbons (Fsp3) is 0.600. The summed E-state index contributed by atoms with van der Waals surface area (Å²) in [4.78, 5) is 28.2. The smallest absolute Gasteiger partial charge is 0.248 e. The van der Waals surface area contributed by atoms with Crippen molar-refractivity contribution in [3.8, 4) is 5.75 Å². The number of halogens is 1. The van der Waals surface area contributed by atoms with Gasteiger partial charge in [0.25, 0.3) is 0 Å². The first kappa shape index (κ1) is 22.5. The summed E-state index contributed by atoms with van der Waals surface area (Å²) < 4.78 is 15.8. The molecule has 0 N–H and O–H groups in total. The van der Waals surface area contributed by atoms with Gasteiger partial charge in [-0.3, -0.25) is 9.59 Å². The monoisotopic (exact) mass is 412 g/mol. The van der Waals surface area contributed by atoms with Crippen LogP contribution >= 0.6 is 11.6 Å². The zero-order chi connectivity index (χ0) is 20.2. The van der Waals surface area contributed by atoms with Crippen molar-refractivity contribution in [2.75, 3.05) is 59.7 Å². The number of hydrogen-bond acceptors (Lipinski definition) is 5. The number of hydrogen-bond donors (Lipinski definition) is 0. The molecule has 8 heteroatoms. The molecule has 7 nitrogen and oxygen atoms in total. The lowest BCUT2D eigenvalue weighted by atomic mass is 10.2. The van der Waals surface area contributed by atoms with Gasteiger partial charge in [-0.05, 0) is 25.0 Å². The molecule has 2 rings (SSSR count). The Labute approximate surface area is 171 Å². The first-order valence-corrected chi connectivity index (χ1v) is 9.99. The Hall–Kier alpha value is -1.83. The summed E-state index contributed by atoms with van der Waals surface area (Å²) in [5.74, 6) is 0.681. The highest BCUT2D eigenvalue weighted by molar-refractivity contribution is 6.32. The van der Waals surface area contributed by atoms with Gasteiger partial charge in [0.1, 0.15) is 12.4 Å². The van der Waals surface area contributed by atoms with Gasteiger partial charge in [0.2, 0.25) is 11.8 Å². The number of para-hydroxylation sites is 1. The zero-order valence-electron chi connectivity index (χ0n) is 16.4. The van der Waals surface area contributed by atoms with Crippen molar-refractivity contribution in [2.45, 2.75) is 19.3 Å². The lowest BCUT2D eigenvalue weighted by Crippen LogP contribution is -2.39. The van der Waals surface area contributed by atoms with Crippen LogP contribution in [0.2, 0.25) is 5.02 Å². The molecule has 1 aromatic rings. The molecule has 1 aliphatic heterocycles. The number of carbonyl (C=O) groups is 2. The van der Waals surface area contributed by atoms with Crippen molar-refractivity contribution >= 4 is 23.4 Å². The van der Waals surface area contributed by atoms with E-state index in [9.17, 15) is 9.59 Å². The van der Waals surface area contributed by atoms with Crippen LogP contribution in [0.15, 0.2) is 24.3 Å². The molecule has 0 aromatic heterocycles. The fourth-order valence-electron chi connectivity index (χ4n) is 2.93. The number of rotatable bonds is 10. The topological polar surface area (TPSA) is 68.3 Å². The third-order valence-electron chi connectivity index (χ3n) is 4.49. The molecular weight excluding hydrogens is 384 g/mol. The number of carbonyl (C=O) groups excluding carboxylic acids is 2. The van der Waals surface area contributed by atoms with Crippen LogP contribution in [0.3, 0.4) is 0 Å². The van der Waals surface area contributed by atoms with Crippen LogP contribution in [0.1, 0.15) is 19.3 Å². The minimum atomic E-state index is -0.0430. The van der Waals surface area contributed by atoms with Gasteiger partial charge in [-0.25, -0.2) is 0 Å². The van der Waals surface area contributed by atoms with Gasteiger partial charge in [-0.15, -0.1) is 0 Å². The second kappa shape index (κ2) is 12.6.